The van der Waals surface area contributed by atoms with Crippen LogP contribution >= 0.6 is 11.8 Å². The summed E-state index contributed by atoms with van der Waals surface area (Å²) in [7, 11) is 0. The molecule has 0 radical (unpaired) electrons. The Bertz CT molecular complexity index is 719. The fourth-order valence-corrected chi connectivity index (χ4v) is 4.25. The van der Waals surface area contributed by atoms with Gasteiger partial charge in [-0.15, -0.1) is 5.10 Å². The van der Waals surface area contributed by atoms with Gasteiger partial charge in [0.25, 0.3) is 0 Å². The molecule has 0 N–H and O–H groups in total. The lowest BCUT2D eigenvalue weighted by Gasteiger charge is -2.36. The molecular weight excluding hydrogens is 348 g/mol. The number of thioether (sulfide) groups is 1. The molecule has 1 aliphatic rings. The second-order valence-electron chi connectivity index (χ2n) is 7.35. The molecule has 1 aliphatic carbocycles. The van der Waals surface area contributed by atoms with Gasteiger partial charge in [-0.05, 0) is 53.2 Å². The SMILES string of the molecule is CC(C)[C@@H]1CC[C@@H](C)C[C@@H]1OC(=O)CSc1nnnn1-c1ccccc1. The highest BCUT2D eigenvalue weighted by Gasteiger charge is 2.33. The van der Waals surface area contributed by atoms with Gasteiger partial charge in [-0.25, -0.2) is 0 Å². The zero-order chi connectivity index (χ0) is 18.5. The molecule has 1 heterocycles. The number of esters is 1. The number of para-hydroxylation sites is 1. The Morgan fingerprint density at radius 1 is 1.31 bits per heavy atom. The predicted molar refractivity (Wildman–Crippen MR) is 101 cm³/mol. The van der Waals surface area contributed by atoms with Gasteiger partial charge in [-0.3, -0.25) is 4.79 Å². The van der Waals surface area contributed by atoms with Crippen LogP contribution < -0.4 is 0 Å². The first-order chi connectivity index (χ1) is 12.5. The van der Waals surface area contributed by atoms with Crippen LogP contribution in [0, 0.1) is 17.8 Å². The molecule has 0 spiro atoms. The summed E-state index contributed by atoms with van der Waals surface area (Å²) in [5.41, 5.74) is 0.870. The van der Waals surface area contributed by atoms with E-state index in [4.69, 9.17) is 4.74 Å². The molecule has 0 unspecified atom stereocenters. The highest BCUT2D eigenvalue weighted by Crippen LogP contribution is 2.35. The summed E-state index contributed by atoms with van der Waals surface area (Å²) in [4.78, 5) is 12.4. The lowest BCUT2D eigenvalue weighted by Crippen LogP contribution is -2.36. The van der Waals surface area contributed by atoms with Crippen molar-refractivity contribution in [3.8, 4) is 5.69 Å². The monoisotopic (exact) mass is 374 g/mol. The Morgan fingerprint density at radius 3 is 2.81 bits per heavy atom. The van der Waals surface area contributed by atoms with E-state index in [0.717, 1.165) is 18.5 Å². The molecule has 3 atom stereocenters. The molecule has 1 saturated carbocycles. The van der Waals surface area contributed by atoms with Crippen molar-refractivity contribution in [1.82, 2.24) is 20.2 Å². The van der Waals surface area contributed by atoms with Crippen molar-refractivity contribution < 1.29 is 9.53 Å². The summed E-state index contributed by atoms with van der Waals surface area (Å²) in [6.07, 6.45) is 3.34. The van der Waals surface area contributed by atoms with Crippen LogP contribution in [0.3, 0.4) is 0 Å². The molecule has 6 nitrogen and oxygen atoms in total. The smallest absolute Gasteiger partial charge is 0.316 e. The molecule has 0 amide bonds. The van der Waals surface area contributed by atoms with Crippen LogP contribution in [0.1, 0.15) is 40.0 Å². The van der Waals surface area contributed by atoms with Gasteiger partial charge < -0.3 is 4.74 Å². The molecule has 0 aliphatic heterocycles. The Balaban J connectivity index is 1.59. The number of benzene rings is 1. The molecule has 26 heavy (non-hydrogen) atoms. The third-order valence-corrected chi connectivity index (χ3v) is 5.90. The summed E-state index contributed by atoms with van der Waals surface area (Å²) in [5.74, 6) is 1.61. The van der Waals surface area contributed by atoms with Crippen LogP contribution in [0.4, 0.5) is 0 Å². The molecule has 1 aromatic carbocycles. The van der Waals surface area contributed by atoms with E-state index in [1.807, 2.05) is 30.3 Å². The Morgan fingerprint density at radius 2 is 2.08 bits per heavy atom. The van der Waals surface area contributed by atoms with E-state index in [2.05, 4.69) is 36.3 Å². The molecule has 1 aromatic heterocycles. The number of ether oxygens (including phenoxy) is 1. The van der Waals surface area contributed by atoms with Crippen molar-refractivity contribution in [2.45, 2.75) is 51.3 Å². The van der Waals surface area contributed by atoms with Gasteiger partial charge in [0, 0.05) is 0 Å². The highest BCUT2D eigenvalue weighted by molar-refractivity contribution is 7.99. The largest absolute Gasteiger partial charge is 0.461 e. The maximum atomic E-state index is 12.4. The first-order valence-corrected chi connectivity index (χ1v) is 10.2. The van der Waals surface area contributed by atoms with Crippen LogP contribution in [-0.4, -0.2) is 38.0 Å². The second-order valence-corrected chi connectivity index (χ2v) is 8.29. The first kappa shape index (κ1) is 18.9. The molecule has 3 rings (SSSR count). The maximum Gasteiger partial charge on any atom is 0.316 e. The highest BCUT2D eigenvalue weighted by atomic mass is 32.2. The zero-order valence-corrected chi connectivity index (χ0v) is 16.4. The van der Waals surface area contributed by atoms with Crippen molar-refractivity contribution in [1.29, 1.82) is 0 Å². The normalized spacial score (nSPS) is 23.2. The number of carbonyl (C=O) groups excluding carboxylic acids is 1. The quantitative estimate of drug-likeness (QED) is 0.566. The number of hydrogen-bond donors (Lipinski definition) is 0. The second kappa shape index (κ2) is 8.66. The van der Waals surface area contributed by atoms with Gasteiger partial charge >= 0.3 is 5.97 Å². The number of aromatic nitrogens is 4. The van der Waals surface area contributed by atoms with Crippen LogP contribution in [0.15, 0.2) is 35.5 Å². The standard InChI is InChI=1S/C19H26N4O2S/c1-13(2)16-10-9-14(3)11-17(16)25-18(24)12-26-19-20-21-22-23(19)15-7-5-4-6-8-15/h4-8,13-14,16-17H,9-12H2,1-3H3/t14-,16+,17+/m1/s1. The van der Waals surface area contributed by atoms with Crippen molar-refractivity contribution >= 4 is 17.7 Å². The summed E-state index contributed by atoms with van der Waals surface area (Å²) in [6.45, 7) is 6.66. The number of hydrogen-bond acceptors (Lipinski definition) is 6. The molecule has 0 bridgehead atoms. The fraction of sp³-hybridized carbons (Fsp3) is 0.579. The summed E-state index contributed by atoms with van der Waals surface area (Å²) >= 11 is 1.31. The van der Waals surface area contributed by atoms with E-state index in [9.17, 15) is 4.79 Å². The van der Waals surface area contributed by atoms with E-state index in [0.29, 0.717) is 22.9 Å². The zero-order valence-electron chi connectivity index (χ0n) is 15.5. The van der Waals surface area contributed by atoms with Crippen LogP contribution in [0.25, 0.3) is 5.69 Å². The lowest BCUT2D eigenvalue weighted by molar-refractivity contribution is -0.152. The average Bonchev–Trinajstić information content (AvgIpc) is 3.09. The van der Waals surface area contributed by atoms with Crippen molar-refractivity contribution in [3.63, 3.8) is 0 Å². The number of carbonyl (C=O) groups is 1. The van der Waals surface area contributed by atoms with Gasteiger partial charge in [0.15, 0.2) is 0 Å². The predicted octanol–water partition coefficient (Wildman–Crippen LogP) is 3.76. The van der Waals surface area contributed by atoms with E-state index in [-0.39, 0.29) is 17.8 Å². The average molecular weight is 375 g/mol. The third kappa shape index (κ3) is 4.63. The summed E-state index contributed by atoms with van der Waals surface area (Å²) in [5, 5.41) is 12.3. The van der Waals surface area contributed by atoms with Gasteiger partial charge in [0.05, 0.1) is 11.4 Å². The molecular formula is C19H26N4O2S. The van der Waals surface area contributed by atoms with Gasteiger partial charge in [0.2, 0.25) is 5.16 Å². The molecule has 0 saturated heterocycles. The fourth-order valence-electron chi connectivity index (χ4n) is 3.58. The van der Waals surface area contributed by atoms with Crippen LogP contribution in [-0.2, 0) is 9.53 Å². The summed E-state index contributed by atoms with van der Waals surface area (Å²) < 4.78 is 7.48. The van der Waals surface area contributed by atoms with E-state index < -0.39 is 0 Å². The van der Waals surface area contributed by atoms with Crippen molar-refractivity contribution in [2.75, 3.05) is 5.75 Å². The number of rotatable bonds is 6. The van der Waals surface area contributed by atoms with E-state index in [1.165, 1.54) is 18.2 Å². The van der Waals surface area contributed by atoms with Crippen molar-refractivity contribution in [3.05, 3.63) is 30.3 Å². The molecule has 140 valence electrons. The Labute approximate surface area is 158 Å². The Hall–Kier alpha value is -1.89. The minimum Gasteiger partial charge on any atom is -0.461 e. The first-order valence-electron chi connectivity index (χ1n) is 9.20. The number of nitrogens with zero attached hydrogens (tertiary/aromatic N) is 4. The van der Waals surface area contributed by atoms with Crippen molar-refractivity contribution in [2.24, 2.45) is 17.8 Å². The van der Waals surface area contributed by atoms with Crippen LogP contribution in [0.5, 0.6) is 0 Å². The van der Waals surface area contributed by atoms with E-state index >= 15 is 0 Å². The van der Waals surface area contributed by atoms with Crippen LogP contribution in [0.2, 0.25) is 0 Å². The number of tetrazole rings is 1. The van der Waals surface area contributed by atoms with E-state index in [1.54, 1.807) is 4.68 Å². The van der Waals surface area contributed by atoms with Gasteiger partial charge in [0.1, 0.15) is 6.10 Å². The minimum atomic E-state index is -0.192. The topological polar surface area (TPSA) is 69.9 Å². The summed E-state index contributed by atoms with van der Waals surface area (Å²) in [6, 6.07) is 9.64. The third-order valence-electron chi connectivity index (χ3n) is 5.00. The lowest BCUT2D eigenvalue weighted by atomic mass is 9.75. The molecule has 2 aromatic rings. The van der Waals surface area contributed by atoms with Gasteiger partial charge in [-0.1, -0.05) is 57.2 Å². The Kier molecular flexibility index (Phi) is 6.29. The maximum absolute atomic E-state index is 12.4. The minimum absolute atomic E-state index is 0.0250. The van der Waals surface area contributed by atoms with Gasteiger partial charge in [-0.2, -0.15) is 4.68 Å². The molecule has 1 fully saturated rings. The molecule has 7 heteroatoms.